The fourth-order valence-electron chi connectivity index (χ4n) is 3.06. The van der Waals surface area contributed by atoms with Gasteiger partial charge in [0.2, 0.25) is 0 Å². The number of benzene rings is 2. The molecule has 2 aromatic rings. The molecule has 1 N–H and O–H groups in total. The summed E-state index contributed by atoms with van der Waals surface area (Å²) in [4.78, 5) is 15.3. The van der Waals surface area contributed by atoms with Crippen LogP contribution in [0.2, 0.25) is 5.02 Å². The lowest BCUT2D eigenvalue weighted by molar-refractivity contribution is -0.137. The van der Waals surface area contributed by atoms with Gasteiger partial charge in [0.05, 0.1) is 12.5 Å². The molecule has 2 rings (SSSR count). The first kappa shape index (κ1) is 19.6. The first-order valence-electron chi connectivity index (χ1n) is 7.77. The molecule has 0 aliphatic carbocycles. The van der Waals surface area contributed by atoms with Crippen LogP contribution in [-0.4, -0.2) is 17.0 Å². The quantitative estimate of drug-likeness (QED) is 0.551. The fraction of sp³-hybridized carbons (Fsp3) is 0.263. The summed E-state index contributed by atoms with van der Waals surface area (Å²) in [6.07, 6.45) is -0.275. The normalized spacial score (nSPS) is 12.6. The summed E-state index contributed by atoms with van der Waals surface area (Å²) >= 11 is 6.10. The molecule has 2 atom stereocenters. The first-order valence-corrected chi connectivity index (χ1v) is 8.81. The number of carboxylic acid groups (broad SMARTS) is 1. The number of nitrogens with zero attached hydrogens (tertiary/aromatic N) is 1. The minimum absolute atomic E-state index is 0.275. The predicted molar refractivity (Wildman–Crippen MR) is 104 cm³/mol. The molecular weight excluding hydrogens is 360 g/mol. The SMILES string of the molecule is Cc1cc(-c2c(C)cc(Cl)cc2C)cc([C@H](CC(=O)O)N=CP)c1F. The summed E-state index contributed by atoms with van der Waals surface area (Å²) in [5, 5.41) is 9.77. The van der Waals surface area contributed by atoms with Gasteiger partial charge in [0.15, 0.2) is 0 Å². The highest BCUT2D eigenvalue weighted by Crippen LogP contribution is 2.35. The third kappa shape index (κ3) is 4.45. The molecule has 0 radical (unpaired) electrons. The van der Waals surface area contributed by atoms with E-state index in [0.29, 0.717) is 10.6 Å². The molecule has 3 nitrogen and oxygen atoms in total. The van der Waals surface area contributed by atoms with E-state index in [9.17, 15) is 9.18 Å². The van der Waals surface area contributed by atoms with E-state index in [1.807, 2.05) is 26.0 Å². The van der Waals surface area contributed by atoms with Gasteiger partial charge >= 0.3 is 5.97 Å². The van der Waals surface area contributed by atoms with Crippen molar-refractivity contribution in [1.29, 1.82) is 0 Å². The smallest absolute Gasteiger partial charge is 0.305 e. The van der Waals surface area contributed by atoms with E-state index in [0.717, 1.165) is 22.3 Å². The molecule has 0 saturated carbocycles. The van der Waals surface area contributed by atoms with E-state index in [4.69, 9.17) is 16.7 Å². The van der Waals surface area contributed by atoms with Gasteiger partial charge < -0.3 is 5.11 Å². The van der Waals surface area contributed by atoms with Crippen molar-refractivity contribution in [2.45, 2.75) is 33.2 Å². The monoisotopic (exact) mass is 379 g/mol. The second-order valence-corrected chi connectivity index (χ2v) is 6.76. The van der Waals surface area contributed by atoms with Gasteiger partial charge in [-0.2, -0.15) is 0 Å². The number of hydrogen-bond donors (Lipinski definition) is 1. The van der Waals surface area contributed by atoms with Gasteiger partial charge in [-0.1, -0.05) is 20.8 Å². The second kappa shape index (κ2) is 8.07. The van der Waals surface area contributed by atoms with Crippen molar-refractivity contribution in [3.63, 3.8) is 0 Å². The van der Waals surface area contributed by atoms with Crippen LogP contribution >= 0.6 is 20.8 Å². The summed E-state index contributed by atoms with van der Waals surface area (Å²) in [6.45, 7) is 5.56. The summed E-state index contributed by atoms with van der Waals surface area (Å²) in [6, 6.07) is 6.40. The highest BCUT2D eigenvalue weighted by Gasteiger charge is 2.21. The lowest BCUT2D eigenvalue weighted by atomic mass is 9.91. The zero-order valence-electron chi connectivity index (χ0n) is 14.3. The topological polar surface area (TPSA) is 49.7 Å². The van der Waals surface area contributed by atoms with E-state index in [2.05, 4.69) is 14.2 Å². The average molecular weight is 380 g/mol. The minimum atomic E-state index is -1.03. The maximum atomic E-state index is 14.7. The van der Waals surface area contributed by atoms with Crippen molar-refractivity contribution >= 4 is 32.8 Å². The molecule has 0 amide bonds. The summed E-state index contributed by atoms with van der Waals surface area (Å²) in [5.74, 6) is -0.0230. The molecule has 25 heavy (non-hydrogen) atoms. The van der Waals surface area contributed by atoms with Crippen LogP contribution in [0.4, 0.5) is 4.39 Å². The highest BCUT2D eigenvalue weighted by atomic mass is 35.5. The lowest BCUT2D eigenvalue weighted by Gasteiger charge is -2.17. The zero-order valence-corrected chi connectivity index (χ0v) is 16.2. The molecule has 1 unspecified atom stereocenters. The molecule has 132 valence electrons. The Kier molecular flexibility index (Phi) is 6.31. The lowest BCUT2D eigenvalue weighted by Crippen LogP contribution is -2.08. The van der Waals surface area contributed by atoms with Gasteiger partial charge in [-0.05, 0) is 72.9 Å². The first-order chi connectivity index (χ1) is 11.7. The number of rotatable bonds is 5. The van der Waals surface area contributed by atoms with Crippen molar-refractivity contribution in [1.82, 2.24) is 0 Å². The van der Waals surface area contributed by atoms with Gasteiger partial charge in [0.25, 0.3) is 0 Å². The molecule has 0 saturated heterocycles. The molecule has 0 fully saturated rings. The molecule has 0 spiro atoms. The van der Waals surface area contributed by atoms with Gasteiger partial charge in [0.1, 0.15) is 5.82 Å². The van der Waals surface area contributed by atoms with Crippen LogP contribution in [0.1, 0.15) is 34.7 Å². The van der Waals surface area contributed by atoms with E-state index < -0.39 is 17.8 Å². The van der Waals surface area contributed by atoms with E-state index in [-0.39, 0.29) is 12.0 Å². The molecular formula is C19H20ClFNO2P. The molecule has 0 aliphatic heterocycles. The Morgan fingerprint density at radius 3 is 2.36 bits per heavy atom. The third-order valence-corrected chi connectivity index (χ3v) is 4.45. The predicted octanol–water partition coefficient (Wildman–Crippen LogP) is 5.49. The fourth-order valence-corrected chi connectivity index (χ4v) is 3.60. The van der Waals surface area contributed by atoms with Crippen LogP contribution in [0.15, 0.2) is 29.3 Å². The van der Waals surface area contributed by atoms with Gasteiger partial charge in [0, 0.05) is 16.5 Å². The Labute approximate surface area is 154 Å². The number of halogens is 2. The molecule has 0 aromatic heterocycles. The molecule has 0 aliphatic rings. The summed E-state index contributed by atoms with van der Waals surface area (Å²) in [7, 11) is 2.30. The Morgan fingerprint density at radius 2 is 1.84 bits per heavy atom. The highest BCUT2D eigenvalue weighted by molar-refractivity contribution is 7.36. The number of carboxylic acids is 1. The number of aliphatic carboxylic acids is 1. The molecule has 0 bridgehead atoms. The average Bonchev–Trinajstić information content (AvgIpc) is 2.48. The maximum Gasteiger partial charge on any atom is 0.305 e. The van der Waals surface area contributed by atoms with Crippen LogP contribution < -0.4 is 0 Å². The van der Waals surface area contributed by atoms with Crippen LogP contribution in [-0.2, 0) is 4.79 Å². The Hall–Kier alpha value is -1.77. The van der Waals surface area contributed by atoms with E-state index in [1.54, 1.807) is 19.1 Å². The number of carbonyl (C=O) groups is 1. The van der Waals surface area contributed by atoms with Crippen LogP contribution in [0.5, 0.6) is 0 Å². The standard InChI is InChI=1S/C19H20ClFNO2P/c1-10-5-14(20)6-11(2)18(10)13-4-12(3)19(21)15(7-13)16(22-9-25)8-17(23)24/h4-7,9,16H,8,25H2,1-3H3,(H,23,24)/t16-/m0/s1. The third-order valence-electron chi connectivity index (χ3n) is 4.06. The number of hydrogen-bond acceptors (Lipinski definition) is 2. The summed E-state index contributed by atoms with van der Waals surface area (Å²) < 4.78 is 14.7. The number of aryl methyl sites for hydroxylation is 3. The van der Waals surface area contributed by atoms with Crippen LogP contribution in [0.3, 0.4) is 0 Å². The number of aliphatic imine (C=N–C) groups is 1. The molecule has 2 aromatic carbocycles. The van der Waals surface area contributed by atoms with Crippen molar-refractivity contribution in [2.24, 2.45) is 4.99 Å². The van der Waals surface area contributed by atoms with Crippen molar-refractivity contribution in [3.05, 3.63) is 57.4 Å². The Balaban J connectivity index is 2.68. The van der Waals surface area contributed by atoms with Crippen molar-refractivity contribution in [3.8, 4) is 11.1 Å². The second-order valence-electron chi connectivity index (χ2n) is 6.02. The van der Waals surface area contributed by atoms with Crippen molar-refractivity contribution < 1.29 is 14.3 Å². The van der Waals surface area contributed by atoms with Gasteiger partial charge in [-0.15, -0.1) is 0 Å². The zero-order chi connectivity index (χ0) is 18.7. The molecule has 6 heteroatoms. The Morgan fingerprint density at radius 1 is 1.24 bits per heavy atom. The van der Waals surface area contributed by atoms with E-state index >= 15 is 0 Å². The van der Waals surface area contributed by atoms with E-state index in [1.165, 1.54) is 5.96 Å². The van der Waals surface area contributed by atoms with Gasteiger partial charge in [-0.25, -0.2) is 4.39 Å². The van der Waals surface area contributed by atoms with Crippen LogP contribution in [0, 0.1) is 26.6 Å². The minimum Gasteiger partial charge on any atom is -0.481 e. The molecule has 0 heterocycles. The van der Waals surface area contributed by atoms with Gasteiger partial charge in [-0.3, -0.25) is 9.79 Å². The maximum absolute atomic E-state index is 14.7. The van der Waals surface area contributed by atoms with Crippen molar-refractivity contribution in [2.75, 3.05) is 0 Å². The Bertz CT molecular complexity index is 829. The largest absolute Gasteiger partial charge is 0.481 e. The van der Waals surface area contributed by atoms with Crippen LogP contribution in [0.25, 0.3) is 11.1 Å². The summed E-state index contributed by atoms with van der Waals surface area (Å²) in [5.41, 5.74) is 4.49.